The zero-order valence-electron chi connectivity index (χ0n) is 13.5. The standard InChI is InChI=1S/C17H16N2O5S/c1-2-22-16(21)8-25-17-12(7-18)11(6-15(20)19-17)10-3-4-13-14(5-10)24-9-23-13/h3-5,11H,2,6,8-9H2,1H3,(H,19,20)/t11-/m1/s1. The Morgan fingerprint density at radius 1 is 1.44 bits per heavy atom. The minimum atomic E-state index is -0.392. The molecule has 1 N–H and O–H groups in total. The van der Waals surface area contributed by atoms with E-state index >= 15 is 0 Å². The number of thioether (sulfide) groups is 1. The number of esters is 1. The number of hydrogen-bond acceptors (Lipinski definition) is 7. The van der Waals surface area contributed by atoms with Crippen LogP contribution in [0.2, 0.25) is 0 Å². The van der Waals surface area contributed by atoms with Crippen LogP contribution < -0.4 is 14.8 Å². The van der Waals surface area contributed by atoms with Gasteiger partial charge < -0.3 is 19.5 Å². The summed E-state index contributed by atoms with van der Waals surface area (Å²) in [5.41, 5.74) is 1.22. The quantitative estimate of drug-likeness (QED) is 0.803. The zero-order valence-corrected chi connectivity index (χ0v) is 14.4. The molecule has 1 amide bonds. The van der Waals surface area contributed by atoms with E-state index < -0.39 is 11.9 Å². The van der Waals surface area contributed by atoms with E-state index in [-0.39, 0.29) is 31.5 Å². The molecule has 0 aliphatic carbocycles. The van der Waals surface area contributed by atoms with E-state index in [1.54, 1.807) is 19.1 Å². The first-order chi connectivity index (χ1) is 12.1. The van der Waals surface area contributed by atoms with Crippen molar-refractivity contribution in [1.82, 2.24) is 5.32 Å². The van der Waals surface area contributed by atoms with Crippen LogP contribution in [0.25, 0.3) is 0 Å². The number of hydrogen-bond donors (Lipinski definition) is 1. The number of allylic oxidation sites excluding steroid dienone is 1. The monoisotopic (exact) mass is 360 g/mol. The molecule has 0 bridgehead atoms. The minimum Gasteiger partial charge on any atom is -0.465 e. The first kappa shape index (κ1) is 17.2. The lowest BCUT2D eigenvalue weighted by atomic mass is 9.87. The lowest BCUT2D eigenvalue weighted by molar-refractivity contribution is -0.139. The van der Waals surface area contributed by atoms with Crippen molar-refractivity contribution in [1.29, 1.82) is 5.26 Å². The van der Waals surface area contributed by atoms with Gasteiger partial charge in [0.1, 0.15) is 0 Å². The van der Waals surface area contributed by atoms with Crippen molar-refractivity contribution in [2.75, 3.05) is 19.2 Å². The van der Waals surface area contributed by atoms with Crippen LogP contribution in [-0.4, -0.2) is 31.0 Å². The molecule has 0 radical (unpaired) electrons. The molecule has 2 heterocycles. The molecule has 0 unspecified atom stereocenters. The highest BCUT2D eigenvalue weighted by Gasteiger charge is 2.31. The van der Waals surface area contributed by atoms with Crippen molar-refractivity contribution >= 4 is 23.6 Å². The van der Waals surface area contributed by atoms with E-state index in [0.29, 0.717) is 22.1 Å². The third-order valence-corrected chi connectivity index (χ3v) is 4.79. The van der Waals surface area contributed by atoms with Gasteiger partial charge in [0.25, 0.3) is 0 Å². The van der Waals surface area contributed by atoms with E-state index in [4.69, 9.17) is 14.2 Å². The molecule has 0 saturated heterocycles. The third kappa shape index (κ3) is 3.72. The van der Waals surface area contributed by atoms with Gasteiger partial charge in [-0.05, 0) is 24.6 Å². The van der Waals surface area contributed by atoms with Gasteiger partial charge in [-0.15, -0.1) is 0 Å². The Hall–Kier alpha value is -2.66. The Morgan fingerprint density at radius 2 is 2.24 bits per heavy atom. The van der Waals surface area contributed by atoms with E-state index in [1.165, 1.54) is 0 Å². The number of carbonyl (C=O) groups excluding carboxylic acids is 2. The van der Waals surface area contributed by atoms with Gasteiger partial charge in [0.05, 0.1) is 29.0 Å². The third-order valence-electron chi connectivity index (χ3n) is 3.79. The molecule has 2 aliphatic rings. The zero-order chi connectivity index (χ0) is 17.8. The number of ether oxygens (including phenoxy) is 3. The Bertz CT molecular complexity index is 784. The van der Waals surface area contributed by atoms with Gasteiger partial charge in [0.15, 0.2) is 11.5 Å². The Balaban J connectivity index is 1.87. The highest BCUT2D eigenvalue weighted by molar-refractivity contribution is 8.03. The number of amides is 1. The van der Waals surface area contributed by atoms with Crippen molar-refractivity contribution in [3.63, 3.8) is 0 Å². The number of nitrogens with zero attached hydrogens (tertiary/aromatic N) is 1. The Labute approximate surface area is 148 Å². The second kappa shape index (κ2) is 7.49. The predicted molar refractivity (Wildman–Crippen MR) is 89.8 cm³/mol. The Kier molecular flexibility index (Phi) is 5.14. The van der Waals surface area contributed by atoms with Crippen LogP contribution in [0.5, 0.6) is 11.5 Å². The fourth-order valence-corrected chi connectivity index (χ4v) is 3.56. The smallest absolute Gasteiger partial charge is 0.316 e. The van der Waals surface area contributed by atoms with Gasteiger partial charge in [-0.2, -0.15) is 5.26 Å². The molecular weight excluding hydrogens is 344 g/mol. The number of nitriles is 1. The summed E-state index contributed by atoms with van der Waals surface area (Å²) in [6.07, 6.45) is 0.159. The summed E-state index contributed by atoms with van der Waals surface area (Å²) in [6, 6.07) is 7.54. The van der Waals surface area contributed by atoms with Crippen LogP contribution in [-0.2, 0) is 14.3 Å². The highest BCUT2D eigenvalue weighted by Crippen LogP contribution is 2.40. The van der Waals surface area contributed by atoms with Crippen LogP contribution in [0.1, 0.15) is 24.8 Å². The van der Waals surface area contributed by atoms with E-state index in [9.17, 15) is 14.9 Å². The molecule has 2 aliphatic heterocycles. The first-order valence-corrected chi connectivity index (χ1v) is 8.73. The van der Waals surface area contributed by atoms with E-state index in [2.05, 4.69) is 11.4 Å². The van der Waals surface area contributed by atoms with Gasteiger partial charge in [0.2, 0.25) is 12.7 Å². The van der Waals surface area contributed by atoms with Crippen molar-refractivity contribution < 1.29 is 23.8 Å². The van der Waals surface area contributed by atoms with E-state index in [1.807, 2.05) is 6.07 Å². The molecular formula is C17H16N2O5S. The number of fused-ring (bicyclic) bond motifs is 1. The summed E-state index contributed by atoms with van der Waals surface area (Å²) < 4.78 is 15.5. The summed E-state index contributed by atoms with van der Waals surface area (Å²) in [5.74, 6) is 0.287. The average molecular weight is 360 g/mol. The molecule has 7 nitrogen and oxygen atoms in total. The van der Waals surface area contributed by atoms with Gasteiger partial charge in [-0.1, -0.05) is 17.8 Å². The summed E-state index contributed by atoms with van der Waals surface area (Å²) in [7, 11) is 0. The van der Waals surface area contributed by atoms with Gasteiger partial charge in [-0.25, -0.2) is 0 Å². The van der Waals surface area contributed by atoms with Crippen LogP contribution in [0, 0.1) is 11.3 Å². The number of benzene rings is 1. The molecule has 1 aromatic rings. The summed E-state index contributed by atoms with van der Waals surface area (Å²) in [5, 5.41) is 12.7. The second-order valence-electron chi connectivity index (χ2n) is 5.37. The summed E-state index contributed by atoms with van der Waals surface area (Å²) in [6.45, 7) is 2.17. The molecule has 1 atom stereocenters. The highest BCUT2D eigenvalue weighted by atomic mass is 32.2. The second-order valence-corrected chi connectivity index (χ2v) is 6.35. The molecule has 0 saturated carbocycles. The maximum Gasteiger partial charge on any atom is 0.316 e. The van der Waals surface area contributed by atoms with Crippen LogP contribution in [0.3, 0.4) is 0 Å². The molecule has 25 heavy (non-hydrogen) atoms. The van der Waals surface area contributed by atoms with E-state index in [0.717, 1.165) is 17.3 Å². The molecule has 130 valence electrons. The topological polar surface area (TPSA) is 97.7 Å². The normalized spacial score (nSPS) is 18.6. The molecule has 0 aromatic heterocycles. The number of rotatable bonds is 5. The number of carbonyl (C=O) groups is 2. The molecule has 0 fully saturated rings. The maximum absolute atomic E-state index is 12.1. The van der Waals surface area contributed by atoms with Crippen molar-refractivity contribution in [3.05, 3.63) is 34.4 Å². The lowest BCUT2D eigenvalue weighted by Crippen LogP contribution is -2.31. The molecule has 1 aromatic carbocycles. The minimum absolute atomic E-state index is 0.0303. The van der Waals surface area contributed by atoms with Crippen LogP contribution >= 0.6 is 11.8 Å². The van der Waals surface area contributed by atoms with Gasteiger partial charge in [0, 0.05) is 12.3 Å². The summed E-state index contributed by atoms with van der Waals surface area (Å²) >= 11 is 1.10. The van der Waals surface area contributed by atoms with Crippen LogP contribution in [0.15, 0.2) is 28.8 Å². The van der Waals surface area contributed by atoms with Gasteiger partial charge in [-0.3, -0.25) is 9.59 Å². The fraction of sp³-hybridized carbons (Fsp3) is 0.353. The predicted octanol–water partition coefficient (Wildman–Crippen LogP) is 2.05. The SMILES string of the molecule is CCOC(=O)CSC1=C(C#N)[C@@H](c2ccc3c(c2)OCO3)CC(=O)N1. The lowest BCUT2D eigenvalue weighted by Gasteiger charge is -2.25. The Morgan fingerprint density at radius 3 is 3.00 bits per heavy atom. The molecule has 3 rings (SSSR count). The van der Waals surface area contributed by atoms with Gasteiger partial charge >= 0.3 is 5.97 Å². The van der Waals surface area contributed by atoms with Crippen molar-refractivity contribution in [2.24, 2.45) is 0 Å². The largest absolute Gasteiger partial charge is 0.465 e. The van der Waals surface area contributed by atoms with Crippen LogP contribution in [0.4, 0.5) is 0 Å². The average Bonchev–Trinajstić information content (AvgIpc) is 3.07. The van der Waals surface area contributed by atoms with Crippen molar-refractivity contribution in [2.45, 2.75) is 19.3 Å². The molecule has 8 heteroatoms. The maximum atomic E-state index is 12.1. The number of nitrogens with one attached hydrogen (secondary N) is 1. The fourth-order valence-electron chi connectivity index (χ4n) is 2.68. The molecule has 0 spiro atoms. The van der Waals surface area contributed by atoms with Crippen molar-refractivity contribution in [3.8, 4) is 17.6 Å². The summed E-state index contributed by atoms with van der Waals surface area (Å²) in [4.78, 5) is 23.6. The first-order valence-electron chi connectivity index (χ1n) is 7.74.